The Bertz CT molecular complexity index is 400. The van der Waals surface area contributed by atoms with Gasteiger partial charge in [0.05, 0.1) is 13.1 Å². The second kappa shape index (κ2) is 6.24. The molecule has 6 heteroatoms. The van der Waals surface area contributed by atoms with Crippen molar-refractivity contribution in [1.29, 1.82) is 0 Å². The summed E-state index contributed by atoms with van der Waals surface area (Å²) in [5.74, 6) is 2.35. The van der Waals surface area contributed by atoms with E-state index in [1.54, 1.807) is 0 Å². The van der Waals surface area contributed by atoms with E-state index >= 15 is 0 Å². The highest BCUT2D eigenvalue weighted by Crippen LogP contribution is 2.07. The van der Waals surface area contributed by atoms with Crippen molar-refractivity contribution in [2.24, 2.45) is 0 Å². The Labute approximate surface area is 110 Å². The fourth-order valence-corrected chi connectivity index (χ4v) is 3.07. The lowest BCUT2D eigenvalue weighted by molar-refractivity contribution is -0.131. The van der Waals surface area contributed by atoms with Gasteiger partial charge < -0.3 is 14.0 Å². The van der Waals surface area contributed by atoms with E-state index < -0.39 is 11.2 Å². The zero-order valence-electron chi connectivity index (χ0n) is 10.6. The highest BCUT2D eigenvalue weighted by atomic mass is 32.2. The molecule has 1 radical (unpaired) electrons. The van der Waals surface area contributed by atoms with E-state index in [-0.39, 0.29) is 5.91 Å². The summed E-state index contributed by atoms with van der Waals surface area (Å²) >= 11 is -0.721. The van der Waals surface area contributed by atoms with Crippen LogP contribution in [0.25, 0.3) is 0 Å². The lowest BCUT2D eigenvalue weighted by Gasteiger charge is -2.28. The van der Waals surface area contributed by atoms with Gasteiger partial charge in [0.25, 0.3) is 0 Å². The van der Waals surface area contributed by atoms with Crippen LogP contribution >= 0.6 is 0 Å². The lowest BCUT2D eigenvalue weighted by Crippen LogP contribution is -2.43. The minimum atomic E-state index is -0.721. The Balaban J connectivity index is 1.70. The number of imidazole rings is 1. The van der Waals surface area contributed by atoms with Crippen LogP contribution in [0.1, 0.15) is 18.7 Å². The average molecular weight is 268 g/mol. The molecule has 0 N–H and O–H groups in total. The fourth-order valence-electron chi connectivity index (χ4n) is 2.02. The minimum absolute atomic E-state index is 0.174. The van der Waals surface area contributed by atoms with Gasteiger partial charge in [-0.15, -0.1) is 0 Å². The molecule has 1 amide bonds. The van der Waals surface area contributed by atoms with Gasteiger partial charge in [0, 0.05) is 19.2 Å². The van der Waals surface area contributed by atoms with Crippen molar-refractivity contribution in [2.75, 3.05) is 24.6 Å². The van der Waals surface area contributed by atoms with E-state index in [0.717, 1.165) is 18.8 Å². The van der Waals surface area contributed by atoms with Crippen LogP contribution in [0.2, 0.25) is 0 Å². The third kappa shape index (κ3) is 3.49. The molecule has 0 aromatic carbocycles. The normalized spacial score (nSPS) is 17.1. The summed E-state index contributed by atoms with van der Waals surface area (Å²) in [7, 11) is 0. The molecule has 0 aliphatic carbocycles. The maximum absolute atomic E-state index is 11.9. The topological polar surface area (TPSA) is 61.2 Å². The van der Waals surface area contributed by atoms with Crippen LogP contribution in [0.5, 0.6) is 0 Å². The second-order valence-corrected chi connectivity index (χ2v) is 6.14. The summed E-state index contributed by atoms with van der Waals surface area (Å²) in [6, 6.07) is 0. The molecule has 0 unspecified atom stereocenters. The number of hydrogen-bond donors (Lipinski definition) is 0. The average Bonchev–Trinajstić information content (AvgIpc) is 2.76. The summed E-state index contributed by atoms with van der Waals surface area (Å²) in [5, 5.41) is 0. The molecule has 2 heterocycles. The van der Waals surface area contributed by atoms with Crippen LogP contribution in [-0.2, 0) is 22.5 Å². The van der Waals surface area contributed by atoms with Crippen LogP contribution in [0.3, 0.4) is 0 Å². The quantitative estimate of drug-likeness (QED) is 0.741. The number of amides is 1. The third-order valence-electron chi connectivity index (χ3n) is 3.18. The summed E-state index contributed by atoms with van der Waals surface area (Å²) in [5.41, 5.74) is 0. The van der Waals surface area contributed by atoms with Crippen molar-refractivity contribution >= 4 is 17.1 Å². The van der Waals surface area contributed by atoms with Crippen LogP contribution in [0.15, 0.2) is 6.20 Å². The molecule has 5 nitrogen and oxygen atoms in total. The molecular weight excluding hydrogens is 250 g/mol. The SMILES string of the molecule is Cc1n[c]cn1CCCC(=O)N1CC[S+]([O-])CC1. The third-order valence-corrected chi connectivity index (χ3v) is 4.45. The summed E-state index contributed by atoms with van der Waals surface area (Å²) < 4.78 is 13.2. The van der Waals surface area contributed by atoms with E-state index in [1.165, 1.54) is 0 Å². The van der Waals surface area contributed by atoms with Crippen LogP contribution in [0, 0.1) is 13.1 Å². The number of carbonyl (C=O) groups excluding carboxylic acids is 1. The highest BCUT2D eigenvalue weighted by Gasteiger charge is 2.22. The zero-order chi connectivity index (χ0) is 13.0. The van der Waals surface area contributed by atoms with Gasteiger partial charge in [0.15, 0.2) is 0 Å². The number of nitrogens with zero attached hydrogens (tertiary/aromatic N) is 3. The highest BCUT2D eigenvalue weighted by molar-refractivity contribution is 7.91. The summed E-state index contributed by atoms with van der Waals surface area (Å²) in [6.07, 6.45) is 5.95. The molecule has 1 aliphatic heterocycles. The largest absolute Gasteiger partial charge is 0.616 e. The second-order valence-electron chi connectivity index (χ2n) is 4.44. The van der Waals surface area contributed by atoms with Gasteiger partial charge in [-0.05, 0) is 13.3 Å². The van der Waals surface area contributed by atoms with Crippen LogP contribution < -0.4 is 0 Å². The van der Waals surface area contributed by atoms with E-state index in [4.69, 9.17) is 0 Å². The number of aromatic nitrogens is 2. The van der Waals surface area contributed by atoms with Crippen LogP contribution in [-0.4, -0.2) is 49.5 Å². The predicted octanol–water partition coefficient (Wildman–Crippen LogP) is 0.363. The van der Waals surface area contributed by atoms with Crippen molar-refractivity contribution in [2.45, 2.75) is 26.3 Å². The van der Waals surface area contributed by atoms with E-state index in [9.17, 15) is 9.35 Å². The molecule has 99 valence electrons. The monoisotopic (exact) mass is 268 g/mol. The molecule has 1 fully saturated rings. The summed E-state index contributed by atoms with van der Waals surface area (Å²) in [4.78, 5) is 17.8. The van der Waals surface area contributed by atoms with Gasteiger partial charge in [0.1, 0.15) is 23.5 Å². The first-order chi connectivity index (χ1) is 8.66. The van der Waals surface area contributed by atoms with E-state index in [1.807, 2.05) is 22.6 Å². The Kier molecular flexibility index (Phi) is 4.66. The van der Waals surface area contributed by atoms with Crippen LogP contribution in [0.4, 0.5) is 0 Å². The molecule has 18 heavy (non-hydrogen) atoms. The van der Waals surface area contributed by atoms with Gasteiger partial charge in [-0.2, -0.15) is 0 Å². The van der Waals surface area contributed by atoms with Gasteiger partial charge in [-0.1, -0.05) is 11.2 Å². The molecule has 1 aromatic heterocycles. The van der Waals surface area contributed by atoms with Crippen molar-refractivity contribution in [3.63, 3.8) is 0 Å². The summed E-state index contributed by atoms with van der Waals surface area (Å²) in [6.45, 7) is 4.01. The van der Waals surface area contributed by atoms with Crippen molar-refractivity contribution in [3.05, 3.63) is 18.2 Å². The first kappa shape index (κ1) is 13.4. The molecule has 0 saturated carbocycles. The molecule has 0 atom stereocenters. The smallest absolute Gasteiger partial charge is 0.222 e. The molecule has 1 aromatic rings. The van der Waals surface area contributed by atoms with Crippen molar-refractivity contribution in [1.82, 2.24) is 14.5 Å². The first-order valence-electron chi connectivity index (χ1n) is 6.19. The molecule has 0 spiro atoms. The Hall–Kier alpha value is -1.01. The molecule has 1 aliphatic rings. The number of hydrogen-bond acceptors (Lipinski definition) is 3. The van der Waals surface area contributed by atoms with Gasteiger partial charge >= 0.3 is 0 Å². The fraction of sp³-hybridized carbons (Fsp3) is 0.667. The number of rotatable bonds is 4. The van der Waals surface area contributed by atoms with Gasteiger partial charge in [-0.3, -0.25) is 4.79 Å². The Morgan fingerprint density at radius 3 is 2.89 bits per heavy atom. The number of aryl methyl sites for hydroxylation is 2. The van der Waals surface area contributed by atoms with E-state index in [0.29, 0.717) is 31.0 Å². The first-order valence-corrected chi connectivity index (χ1v) is 7.68. The standard InChI is InChI=1S/C12H18N3O2S/c1-11-13-4-6-14(11)5-2-3-12(16)15-7-9-18(17)10-8-15/h6H,2-3,5,7-10H2,1H3. The zero-order valence-corrected chi connectivity index (χ0v) is 11.4. The minimum Gasteiger partial charge on any atom is -0.616 e. The maximum atomic E-state index is 11.9. The lowest BCUT2D eigenvalue weighted by atomic mass is 10.2. The Morgan fingerprint density at radius 1 is 1.56 bits per heavy atom. The van der Waals surface area contributed by atoms with Gasteiger partial charge in [0.2, 0.25) is 5.91 Å². The predicted molar refractivity (Wildman–Crippen MR) is 69.5 cm³/mol. The molecular formula is C12H18N3O2S. The molecule has 1 saturated heterocycles. The Morgan fingerprint density at radius 2 is 2.28 bits per heavy atom. The molecule has 0 bridgehead atoms. The van der Waals surface area contributed by atoms with Gasteiger partial charge in [-0.25, -0.2) is 4.98 Å². The number of carbonyl (C=O) groups is 1. The van der Waals surface area contributed by atoms with Crippen molar-refractivity contribution in [3.8, 4) is 0 Å². The van der Waals surface area contributed by atoms with E-state index in [2.05, 4.69) is 11.2 Å². The van der Waals surface area contributed by atoms with Crippen molar-refractivity contribution < 1.29 is 9.35 Å². The maximum Gasteiger partial charge on any atom is 0.222 e. The molecule has 2 rings (SSSR count).